The third kappa shape index (κ3) is 8.86. The third-order valence-electron chi connectivity index (χ3n) is 6.37. The van der Waals surface area contributed by atoms with Crippen molar-refractivity contribution in [2.75, 3.05) is 6.61 Å². The largest absolute Gasteiger partial charge is 0.494 e. The Labute approximate surface area is 257 Å². The molecule has 4 rings (SSSR count). The van der Waals surface area contributed by atoms with Gasteiger partial charge in [0.25, 0.3) is 5.91 Å². The molecule has 2 aromatic carbocycles. The highest BCUT2D eigenvalue weighted by atomic mass is 35.5. The molecule has 12 heteroatoms. The molecule has 9 nitrogen and oxygen atoms in total. The number of hydrogen-bond acceptors (Lipinski definition) is 8. The van der Waals surface area contributed by atoms with Gasteiger partial charge in [-0.05, 0) is 47.2 Å². The number of benzene rings is 2. The van der Waals surface area contributed by atoms with Crippen molar-refractivity contribution >= 4 is 52.0 Å². The van der Waals surface area contributed by atoms with E-state index in [1.54, 1.807) is 17.0 Å². The van der Waals surface area contributed by atoms with Gasteiger partial charge in [-0.25, -0.2) is 4.98 Å². The number of carbonyl (C=O) groups is 3. The Balaban J connectivity index is 1.51. The van der Waals surface area contributed by atoms with E-state index in [0.29, 0.717) is 34.5 Å². The molecule has 0 aliphatic heterocycles. The summed E-state index contributed by atoms with van der Waals surface area (Å²) in [7, 11) is 0. The first-order valence-electron chi connectivity index (χ1n) is 13.3. The van der Waals surface area contributed by atoms with Crippen molar-refractivity contribution in [2.45, 2.75) is 44.9 Å². The molecule has 0 bridgehead atoms. The van der Waals surface area contributed by atoms with Crippen LogP contribution in [-0.2, 0) is 35.5 Å². The van der Waals surface area contributed by atoms with Crippen molar-refractivity contribution in [1.29, 1.82) is 0 Å². The van der Waals surface area contributed by atoms with Crippen LogP contribution in [0.25, 0.3) is 0 Å². The maximum absolute atomic E-state index is 13.7. The molecule has 3 amide bonds. The Kier molecular flexibility index (Phi) is 11.5. The average Bonchev–Trinajstić information content (AvgIpc) is 3.68. The summed E-state index contributed by atoms with van der Waals surface area (Å²) < 4.78 is 5.52. The van der Waals surface area contributed by atoms with E-state index < -0.39 is 23.9 Å². The summed E-state index contributed by atoms with van der Waals surface area (Å²) in [5.74, 6) is -0.642. The van der Waals surface area contributed by atoms with Gasteiger partial charge in [-0.3, -0.25) is 14.4 Å². The molecular formula is C30H32ClN5O4S2. The highest BCUT2D eigenvalue weighted by Crippen LogP contribution is 2.22. The van der Waals surface area contributed by atoms with Crippen molar-refractivity contribution in [2.24, 2.45) is 5.73 Å². The Hall–Kier alpha value is -3.77. The second-order valence-electron chi connectivity index (χ2n) is 9.39. The number of carbonyl (C=O) groups excluding carboxylic acids is 3. The number of thiazole rings is 1. The zero-order valence-electron chi connectivity index (χ0n) is 23.0. The van der Waals surface area contributed by atoms with Crippen LogP contribution >= 0.6 is 34.3 Å². The van der Waals surface area contributed by atoms with Gasteiger partial charge in [-0.1, -0.05) is 48.0 Å². The normalized spacial score (nSPS) is 12.3. The molecule has 0 aliphatic carbocycles. The second-order valence-corrected chi connectivity index (χ2v) is 11.4. The Morgan fingerprint density at radius 2 is 1.62 bits per heavy atom. The summed E-state index contributed by atoms with van der Waals surface area (Å²) in [5.41, 5.74) is 10.7. The summed E-state index contributed by atoms with van der Waals surface area (Å²) in [6.07, 6.45) is 0.374. The second kappa shape index (κ2) is 15.5. The van der Waals surface area contributed by atoms with Crippen molar-refractivity contribution in [3.05, 3.63) is 103 Å². The standard InChI is InChI=1S/C30H32ClN5O4S2/c1-2-40-23-9-7-19(8-10-23)13-25(36-30(39)27-24(31)11-12-42-27)29(38)35-26(14-22-17-41-18-34-22)28(37)33-16-21-5-3-20(15-32)4-6-21/h3-12,17-18,25-26H,2,13-16,32H2,1H3,(H,33,37)(H,35,38)(H,36,39)/t25-,26+/m1/s1. The van der Waals surface area contributed by atoms with E-state index >= 15 is 0 Å². The molecule has 2 heterocycles. The number of nitrogens with two attached hydrogens (primary N) is 1. The fraction of sp³-hybridized carbons (Fsp3) is 0.267. The number of nitrogens with one attached hydrogen (secondary N) is 3. The fourth-order valence-corrected chi connectivity index (χ4v) is 5.76. The number of halogens is 1. The number of rotatable bonds is 14. The van der Waals surface area contributed by atoms with E-state index in [4.69, 9.17) is 22.1 Å². The smallest absolute Gasteiger partial charge is 0.263 e. The first kappa shape index (κ1) is 31.2. The molecular weight excluding hydrogens is 594 g/mol. The lowest BCUT2D eigenvalue weighted by molar-refractivity contribution is -0.130. The van der Waals surface area contributed by atoms with Crippen LogP contribution < -0.4 is 26.4 Å². The fourth-order valence-electron chi connectivity index (χ4n) is 4.15. The lowest BCUT2D eigenvalue weighted by atomic mass is 10.0. The van der Waals surface area contributed by atoms with Crippen molar-refractivity contribution in [3.8, 4) is 5.75 Å². The van der Waals surface area contributed by atoms with Crippen LogP contribution in [0.1, 0.15) is 39.0 Å². The van der Waals surface area contributed by atoms with Gasteiger partial charge in [-0.15, -0.1) is 22.7 Å². The number of nitrogens with zero attached hydrogens (tertiary/aromatic N) is 1. The summed E-state index contributed by atoms with van der Waals surface area (Å²) in [6.45, 7) is 3.14. The van der Waals surface area contributed by atoms with Crippen LogP contribution in [0.3, 0.4) is 0 Å². The lowest BCUT2D eigenvalue weighted by Gasteiger charge is -2.23. The quantitative estimate of drug-likeness (QED) is 0.167. The minimum atomic E-state index is -0.983. The maximum Gasteiger partial charge on any atom is 0.263 e. The van der Waals surface area contributed by atoms with E-state index in [-0.39, 0.29) is 25.3 Å². The Morgan fingerprint density at radius 1 is 0.929 bits per heavy atom. The number of hydrogen-bond donors (Lipinski definition) is 4. The van der Waals surface area contributed by atoms with Crippen molar-refractivity contribution in [1.82, 2.24) is 20.9 Å². The molecule has 0 saturated carbocycles. The minimum Gasteiger partial charge on any atom is -0.494 e. The van der Waals surface area contributed by atoms with E-state index in [1.807, 2.05) is 60.8 Å². The van der Waals surface area contributed by atoms with Crippen molar-refractivity contribution < 1.29 is 19.1 Å². The van der Waals surface area contributed by atoms with Gasteiger partial charge in [0.05, 0.1) is 22.8 Å². The minimum absolute atomic E-state index is 0.186. The van der Waals surface area contributed by atoms with Crippen LogP contribution in [0.5, 0.6) is 5.75 Å². The SMILES string of the molecule is CCOc1ccc(C[C@@H](NC(=O)c2sccc2Cl)C(=O)N[C@@H](Cc2cscn2)C(=O)NCc2ccc(CN)cc2)cc1. The number of amides is 3. The molecule has 42 heavy (non-hydrogen) atoms. The monoisotopic (exact) mass is 625 g/mol. The van der Waals surface area contributed by atoms with E-state index in [2.05, 4.69) is 20.9 Å². The molecule has 0 spiro atoms. The molecule has 4 aromatic rings. The molecule has 0 radical (unpaired) electrons. The highest BCUT2D eigenvalue weighted by molar-refractivity contribution is 7.12. The molecule has 0 saturated heterocycles. The van der Waals surface area contributed by atoms with E-state index in [0.717, 1.165) is 16.7 Å². The van der Waals surface area contributed by atoms with Gasteiger partial charge < -0.3 is 26.4 Å². The summed E-state index contributed by atoms with van der Waals surface area (Å²) in [5, 5.41) is 12.4. The van der Waals surface area contributed by atoms with Gasteiger partial charge in [0.15, 0.2) is 0 Å². The third-order valence-corrected chi connectivity index (χ3v) is 8.35. The summed E-state index contributed by atoms with van der Waals surface area (Å²) >= 11 is 8.77. The van der Waals surface area contributed by atoms with Crippen LogP contribution in [0, 0.1) is 0 Å². The predicted molar refractivity (Wildman–Crippen MR) is 166 cm³/mol. The number of aromatic nitrogens is 1. The topological polar surface area (TPSA) is 135 Å². The van der Waals surface area contributed by atoms with Gasteiger partial charge >= 0.3 is 0 Å². The number of thiophene rings is 1. The molecule has 2 atom stereocenters. The molecule has 220 valence electrons. The van der Waals surface area contributed by atoms with Crippen LogP contribution in [0.2, 0.25) is 5.02 Å². The summed E-state index contributed by atoms with van der Waals surface area (Å²) in [6, 6.07) is 14.6. The van der Waals surface area contributed by atoms with Gasteiger partial charge in [0.2, 0.25) is 11.8 Å². The average molecular weight is 626 g/mol. The zero-order valence-corrected chi connectivity index (χ0v) is 25.4. The molecule has 0 aliphatic rings. The maximum atomic E-state index is 13.7. The predicted octanol–water partition coefficient (Wildman–Crippen LogP) is 4.10. The lowest BCUT2D eigenvalue weighted by Crippen LogP contribution is -2.55. The van der Waals surface area contributed by atoms with Gasteiger partial charge in [-0.2, -0.15) is 0 Å². The van der Waals surface area contributed by atoms with Gasteiger partial charge in [0, 0.05) is 31.3 Å². The van der Waals surface area contributed by atoms with Crippen LogP contribution in [0.4, 0.5) is 0 Å². The zero-order chi connectivity index (χ0) is 29.9. The van der Waals surface area contributed by atoms with E-state index in [1.165, 1.54) is 22.7 Å². The molecule has 2 aromatic heterocycles. The number of ether oxygens (including phenoxy) is 1. The highest BCUT2D eigenvalue weighted by Gasteiger charge is 2.29. The Bertz CT molecular complexity index is 1460. The molecule has 5 N–H and O–H groups in total. The molecule has 0 fully saturated rings. The summed E-state index contributed by atoms with van der Waals surface area (Å²) in [4.78, 5) is 44.7. The first-order chi connectivity index (χ1) is 20.4. The van der Waals surface area contributed by atoms with Crippen LogP contribution in [0.15, 0.2) is 70.9 Å². The van der Waals surface area contributed by atoms with Crippen LogP contribution in [-0.4, -0.2) is 41.4 Å². The first-order valence-corrected chi connectivity index (χ1v) is 15.5. The van der Waals surface area contributed by atoms with Gasteiger partial charge in [0.1, 0.15) is 22.7 Å². The van der Waals surface area contributed by atoms with E-state index in [9.17, 15) is 14.4 Å². The van der Waals surface area contributed by atoms with Crippen molar-refractivity contribution in [3.63, 3.8) is 0 Å². The molecule has 0 unspecified atom stereocenters. The Morgan fingerprint density at radius 3 is 2.24 bits per heavy atom.